The molecular weight excluding hydrogens is 112 g/mol. The maximum absolute atomic E-state index is 5.33. The van der Waals surface area contributed by atoms with Crippen molar-refractivity contribution in [2.24, 2.45) is 5.73 Å². The number of nitrogens with two attached hydrogens (primary N) is 1. The molecule has 0 bridgehead atoms. The third-order valence-electron chi connectivity index (χ3n) is 1.38. The van der Waals surface area contributed by atoms with Gasteiger partial charge in [-0.1, -0.05) is 12.8 Å². The van der Waals surface area contributed by atoms with Gasteiger partial charge in [-0.15, -0.1) is 0 Å². The van der Waals surface area contributed by atoms with E-state index < -0.39 is 0 Å². The minimum atomic E-state index is 0.847. The van der Waals surface area contributed by atoms with Crippen LogP contribution in [-0.2, 0) is 0 Å². The van der Waals surface area contributed by atoms with Gasteiger partial charge in [0.25, 0.3) is 0 Å². The first-order valence-electron chi connectivity index (χ1n) is 3.76. The molecule has 0 aliphatic carbocycles. The predicted molar refractivity (Wildman–Crippen MR) is 41.4 cm³/mol. The summed E-state index contributed by atoms with van der Waals surface area (Å²) >= 11 is 0. The summed E-state index contributed by atoms with van der Waals surface area (Å²) in [5.41, 5.74) is 5.33. The highest BCUT2D eigenvalue weighted by Gasteiger charge is 1.85. The Hall–Kier alpha value is -0.0800. The van der Waals surface area contributed by atoms with Gasteiger partial charge >= 0.3 is 0 Å². The molecule has 0 aromatic carbocycles. The molecule has 0 unspecified atom stereocenters. The van der Waals surface area contributed by atoms with Gasteiger partial charge in [-0.3, -0.25) is 0 Å². The molecule has 0 saturated heterocycles. The first-order valence-corrected chi connectivity index (χ1v) is 3.76. The van der Waals surface area contributed by atoms with Crippen LogP contribution in [0.3, 0.4) is 0 Å². The average molecular weight is 130 g/mol. The Morgan fingerprint density at radius 1 is 1.11 bits per heavy atom. The second kappa shape index (κ2) is 7.92. The Morgan fingerprint density at radius 3 is 2.33 bits per heavy atom. The van der Waals surface area contributed by atoms with E-state index in [0.717, 1.165) is 13.1 Å². The number of unbranched alkanes of at least 4 members (excludes halogenated alkanes) is 3. The zero-order valence-electron chi connectivity index (χ0n) is 6.32. The predicted octanol–water partition coefficient (Wildman–Crippen LogP) is 0.725. The monoisotopic (exact) mass is 130 g/mol. The van der Waals surface area contributed by atoms with Gasteiger partial charge in [0.1, 0.15) is 0 Å². The average Bonchev–Trinajstić information content (AvgIpc) is 1.89. The van der Waals surface area contributed by atoms with Crippen molar-refractivity contribution in [1.82, 2.24) is 5.32 Å². The highest BCUT2D eigenvalue weighted by Crippen LogP contribution is 1.96. The van der Waals surface area contributed by atoms with E-state index in [2.05, 4.69) is 5.32 Å². The lowest BCUT2D eigenvalue weighted by atomic mass is 10.2. The van der Waals surface area contributed by atoms with Gasteiger partial charge in [0.2, 0.25) is 0 Å². The Balaban J connectivity index is 2.60. The second-order valence-electron chi connectivity index (χ2n) is 2.31. The molecule has 9 heavy (non-hydrogen) atoms. The first-order chi connectivity index (χ1) is 4.41. The molecule has 2 heteroatoms. The van der Waals surface area contributed by atoms with Gasteiger partial charge < -0.3 is 11.1 Å². The number of hydrogen-bond donors (Lipinski definition) is 2. The fourth-order valence-corrected chi connectivity index (χ4v) is 0.800. The summed E-state index contributed by atoms with van der Waals surface area (Å²) in [6.07, 6.45) is 5.08. The molecule has 0 rings (SSSR count). The van der Waals surface area contributed by atoms with Crippen molar-refractivity contribution < 1.29 is 0 Å². The van der Waals surface area contributed by atoms with Crippen molar-refractivity contribution >= 4 is 0 Å². The number of hydrogen-bond acceptors (Lipinski definition) is 2. The lowest BCUT2D eigenvalue weighted by Crippen LogP contribution is -2.07. The molecule has 0 heterocycles. The Kier molecular flexibility index (Phi) is 7.85. The zero-order chi connectivity index (χ0) is 6.95. The van der Waals surface area contributed by atoms with E-state index in [0.29, 0.717) is 0 Å². The van der Waals surface area contributed by atoms with E-state index in [9.17, 15) is 0 Å². The molecule has 0 aliphatic heterocycles. The normalized spacial score (nSPS) is 10.0. The van der Waals surface area contributed by atoms with Crippen LogP contribution in [0.15, 0.2) is 0 Å². The van der Waals surface area contributed by atoms with Crippen LogP contribution in [0, 0.1) is 0 Å². The number of rotatable bonds is 6. The molecule has 0 radical (unpaired) electrons. The molecular formula is C7H18N2. The molecule has 0 amide bonds. The molecule has 0 aromatic rings. The van der Waals surface area contributed by atoms with Crippen molar-refractivity contribution in [3.05, 3.63) is 0 Å². The lowest BCUT2D eigenvalue weighted by Gasteiger charge is -1.97. The molecule has 0 atom stereocenters. The van der Waals surface area contributed by atoms with Crippen molar-refractivity contribution in [3.8, 4) is 0 Å². The fourth-order valence-electron chi connectivity index (χ4n) is 0.800. The van der Waals surface area contributed by atoms with Crippen molar-refractivity contribution in [2.75, 3.05) is 20.1 Å². The second-order valence-corrected chi connectivity index (χ2v) is 2.31. The van der Waals surface area contributed by atoms with E-state index in [4.69, 9.17) is 5.73 Å². The standard InChI is InChI=1S/C7H18N2/c1-9-7-5-3-2-4-6-8/h9H,2-8H2,1H3. The van der Waals surface area contributed by atoms with Gasteiger partial charge in [0.05, 0.1) is 0 Å². The summed E-state index contributed by atoms with van der Waals surface area (Å²) in [6.45, 7) is 1.99. The van der Waals surface area contributed by atoms with Crippen LogP contribution in [0.2, 0.25) is 0 Å². The maximum atomic E-state index is 5.33. The van der Waals surface area contributed by atoms with Crippen LogP contribution < -0.4 is 11.1 Å². The highest BCUT2D eigenvalue weighted by molar-refractivity contribution is 4.45. The van der Waals surface area contributed by atoms with Crippen LogP contribution in [-0.4, -0.2) is 20.1 Å². The van der Waals surface area contributed by atoms with Crippen LogP contribution in [0.25, 0.3) is 0 Å². The minimum Gasteiger partial charge on any atom is -0.330 e. The van der Waals surface area contributed by atoms with Gasteiger partial charge in [0.15, 0.2) is 0 Å². The number of nitrogens with one attached hydrogen (secondary N) is 1. The van der Waals surface area contributed by atoms with E-state index in [1.165, 1.54) is 25.7 Å². The Morgan fingerprint density at radius 2 is 1.78 bits per heavy atom. The molecule has 0 spiro atoms. The van der Waals surface area contributed by atoms with Crippen molar-refractivity contribution in [3.63, 3.8) is 0 Å². The van der Waals surface area contributed by atoms with Crippen molar-refractivity contribution in [2.45, 2.75) is 25.7 Å². The SMILES string of the molecule is CNCCCCCCN. The molecule has 0 saturated carbocycles. The quantitative estimate of drug-likeness (QED) is 0.520. The third kappa shape index (κ3) is 7.92. The summed E-state index contributed by atoms with van der Waals surface area (Å²) in [6, 6.07) is 0. The Bertz CT molecular complexity index is 40.2. The van der Waals surface area contributed by atoms with E-state index in [-0.39, 0.29) is 0 Å². The third-order valence-corrected chi connectivity index (χ3v) is 1.38. The lowest BCUT2D eigenvalue weighted by molar-refractivity contribution is 0.621. The summed E-state index contributed by atoms with van der Waals surface area (Å²) in [7, 11) is 1.99. The van der Waals surface area contributed by atoms with E-state index in [1.54, 1.807) is 0 Å². The highest BCUT2D eigenvalue weighted by atomic mass is 14.8. The van der Waals surface area contributed by atoms with Gasteiger partial charge in [-0.05, 0) is 33.0 Å². The van der Waals surface area contributed by atoms with Crippen LogP contribution in [0.5, 0.6) is 0 Å². The van der Waals surface area contributed by atoms with Crippen LogP contribution in [0.1, 0.15) is 25.7 Å². The first kappa shape index (κ1) is 8.92. The van der Waals surface area contributed by atoms with E-state index in [1.807, 2.05) is 7.05 Å². The smallest absolute Gasteiger partial charge is 0.00519 e. The zero-order valence-corrected chi connectivity index (χ0v) is 6.32. The van der Waals surface area contributed by atoms with Gasteiger partial charge in [-0.2, -0.15) is 0 Å². The molecule has 56 valence electrons. The van der Waals surface area contributed by atoms with Gasteiger partial charge in [0, 0.05) is 0 Å². The molecule has 0 aromatic heterocycles. The molecule has 2 nitrogen and oxygen atoms in total. The Labute approximate surface area is 57.8 Å². The van der Waals surface area contributed by atoms with Gasteiger partial charge in [-0.25, -0.2) is 0 Å². The maximum Gasteiger partial charge on any atom is -0.00519 e. The summed E-state index contributed by atoms with van der Waals surface area (Å²) < 4.78 is 0. The topological polar surface area (TPSA) is 38.0 Å². The summed E-state index contributed by atoms with van der Waals surface area (Å²) in [5, 5.41) is 3.11. The van der Waals surface area contributed by atoms with E-state index >= 15 is 0 Å². The van der Waals surface area contributed by atoms with Crippen molar-refractivity contribution in [1.29, 1.82) is 0 Å². The largest absolute Gasteiger partial charge is 0.330 e. The van der Waals surface area contributed by atoms with Crippen LogP contribution >= 0.6 is 0 Å². The summed E-state index contributed by atoms with van der Waals surface area (Å²) in [5.74, 6) is 0. The van der Waals surface area contributed by atoms with Crippen LogP contribution in [0.4, 0.5) is 0 Å². The molecule has 3 N–H and O–H groups in total. The minimum absolute atomic E-state index is 0.847. The summed E-state index contributed by atoms with van der Waals surface area (Å²) in [4.78, 5) is 0. The molecule has 0 aliphatic rings. The molecule has 0 fully saturated rings. The fraction of sp³-hybridized carbons (Fsp3) is 1.00.